The van der Waals surface area contributed by atoms with Crippen molar-refractivity contribution in [3.05, 3.63) is 0 Å². The second-order valence-corrected chi connectivity index (χ2v) is 5.54. The number of carbonyl (C=O) groups is 1. The Bertz CT molecular complexity index is 270. The van der Waals surface area contributed by atoms with Gasteiger partial charge in [0.1, 0.15) is 0 Å². The SMILES string of the molecule is C[C@H](CO)NC(=O)C1CCC2CCCCC2N1. The Hall–Kier alpha value is -0.610. The van der Waals surface area contributed by atoms with Crippen LogP contribution in [0, 0.1) is 5.92 Å². The lowest BCUT2D eigenvalue weighted by Gasteiger charge is -2.40. The lowest BCUT2D eigenvalue weighted by molar-refractivity contribution is -0.125. The van der Waals surface area contributed by atoms with Gasteiger partial charge in [-0.1, -0.05) is 12.8 Å². The molecule has 1 amide bonds. The Morgan fingerprint density at radius 1 is 1.35 bits per heavy atom. The van der Waals surface area contributed by atoms with Crippen molar-refractivity contribution < 1.29 is 9.90 Å². The highest BCUT2D eigenvalue weighted by molar-refractivity contribution is 5.82. The Balaban J connectivity index is 1.84. The highest BCUT2D eigenvalue weighted by Gasteiger charge is 2.34. The van der Waals surface area contributed by atoms with Gasteiger partial charge in [0.05, 0.1) is 12.6 Å². The van der Waals surface area contributed by atoms with Gasteiger partial charge in [-0.25, -0.2) is 0 Å². The second kappa shape index (κ2) is 5.83. The molecule has 2 rings (SSSR count). The first-order valence-electron chi connectivity index (χ1n) is 6.88. The van der Waals surface area contributed by atoms with E-state index in [1.165, 1.54) is 32.1 Å². The maximum absolute atomic E-state index is 12.0. The molecule has 4 heteroatoms. The average molecular weight is 240 g/mol. The molecule has 3 unspecified atom stereocenters. The van der Waals surface area contributed by atoms with Crippen molar-refractivity contribution in [2.24, 2.45) is 5.92 Å². The molecule has 0 spiro atoms. The van der Waals surface area contributed by atoms with E-state index in [2.05, 4.69) is 10.6 Å². The topological polar surface area (TPSA) is 61.4 Å². The van der Waals surface area contributed by atoms with Gasteiger partial charge in [-0.15, -0.1) is 0 Å². The number of aliphatic hydroxyl groups is 1. The standard InChI is InChI=1S/C13H24N2O2/c1-9(8-16)14-13(17)12-7-6-10-4-2-3-5-11(10)15-12/h9-12,15-16H,2-8H2,1H3,(H,14,17)/t9-,10?,11?,12?/m1/s1. The predicted molar refractivity (Wildman–Crippen MR) is 66.6 cm³/mol. The molecular weight excluding hydrogens is 216 g/mol. The van der Waals surface area contributed by atoms with Gasteiger partial charge in [0.15, 0.2) is 0 Å². The summed E-state index contributed by atoms with van der Waals surface area (Å²) in [6.45, 7) is 1.83. The largest absolute Gasteiger partial charge is 0.394 e. The molecule has 98 valence electrons. The molecule has 2 fully saturated rings. The minimum Gasteiger partial charge on any atom is -0.394 e. The molecule has 3 N–H and O–H groups in total. The van der Waals surface area contributed by atoms with Crippen LogP contribution >= 0.6 is 0 Å². The van der Waals surface area contributed by atoms with Gasteiger partial charge in [0.2, 0.25) is 5.91 Å². The number of hydrogen-bond acceptors (Lipinski definition) is 3. The van der Waals surface area contributed by atoms with E-state index in [9.17, 15) is 4.79 Å². The van der Waals surface area contributed by atoms with Crippen LogP contribution in [0.1, 0.15) is 45.4 Å². The fraction of sp³-hybridized carbons (Fsp3) is 0.923. The molecule has 0 radical (unpaired) electrons. The van der Waals surface area contributed by atoms with Crippen LogP contribution in [0.3, 0.4) is 0 Å². The zero-order valence-corrected chi connectivity index (χ0v) is 10.6. The molecule has 4 atom stereocenters. The van der Waals surface area contributed by atoms with E-state index in [1.54, 1.807) is 0 Å². The number of aliphatic hydroxyl groups excluding tert-OH is 1. The molecule has 0 aromatic rings. The molecule has 0 bridgehead atoms. The quantitative estimate of drug-likeness (QED) is 0.683. The van der Waals surface area contributed by atoms with E-state index in [-0.39, 0.29) is 24.6 Å². The van der Waals surface area contributed by atoms with Crippen LogP contribution < -0.4 is 10.6 Å². The van der Waals surface area contributed by atoms with Crippen molar-refractivity contribution in [1.82, 2.24) is 10.6 Å². The normalized spacial score (nSPS) is 34.8. The van der Waals surface area contributed by atoms with Gasteiger partial charge in [-0.3, -0.25) is 4.79 Å². The third-order valence-electron chi connectivity index (χ3n) is 4.13. The smallest absolute Gasteiger partial charge is 0.237 e. The summed E-state index contributed by atoms with van der Waals surface area (Å²) in [6, 6.07) is 0.342. The van der Waals surface area contributed by atoms with Crippen LogP contribution in [-0.2, 0) is 4.79 Å². The zero-order valence-electron chi connectivity index (χ0n) is 10.6. The first kappa shape index (κ1) is 12.8. The minimum atomic E-state index is -0.145. The van der Waals surface area contributed by atoms with E-state index in [4.69, 9.17) is 5.11 Å². The van der Waals surface area contributed by atoms with Gasteiger partial charge in [-0.2, -0.15) is 0 Å². The average Bonchev–Trinajstić information content (AvgIpc) is 2.38. The Kier molecular flexibility index (Phi) is 4.40. The Labute approximate surface area is 103 Å². The monoisotopic (exact) mass is 240 g/mol. The van der Waals surface area contributed by atoms with Gasteiger partial charge in [-0.05, 0) is 38.5 Å². The molecule has 4 nitrogen and oxygen atoms in total. The summed E-state index contributed by atoms with van der Waals surface area (Å²) in [4.78, 5) is 12.0. The molecule has 1 saturated heterocycles. The maximum Gasteiger partial charge on any atom is 0.237 e. The number of piperidine rings is 1. The first-order valence-corrected chi connectivity index (χ1v) is 6.88. The lowest BCUT2D eigenvalue weighted by Crippen LogP contribution is -2.56. The van der Waals surface area contributed by atoms with Crippen molar-refractivity contribution in [3.8, 4) is 0 Å². The highest BCUT2D eigenvalue weighted by atomic mass is 16.3. The number of fused-ring (bicyclic) bond motifs is 1. The minimum absolute atomic E-state index is 0.00448. The lowest BCUT2D eigenvalue weighted by atomic mass is 9.77. The highest BCUT2D eigenvalue weighted by Crippen LogP contribution is 2.32. The van der Waals surface area contributed by atoms with E-state index in [0.717, 1.165) is 12.3 Å². The van der Waals surface area contributed by atoms with E-state index in [1.807, 2.05) is 6.92 Å². The van der Waals surface area contributed by atoms with Crippen LogP contribution in [0.4, 0.5) is 0 Å². The summed E-state index contributed by atoms with van der Waals surface area (Å²) in [5.41, 5.74) is 0. The molecule has 2 aliphatic rings. The van der Waals surface area contributed by atoms with Crippen LogP contribution in [0.15, 0.2) is 0 Å². The summed E-state index contributed by atoms with van der Waals surface area (Å²) in [5, 5.41) is 15.3. The van der Waals surface area contributed by atoms with Crippen molar-refractivity contribution >= 4 is 5.91 Å². The number of hydrogen-bond donors (Lipinski definition) is 3. The molecule has 1 saturated carbocycles. The Morgan fingerprint density at radius 3 is 2.88 bits per heavy atom. The number of nitrogens with one attached hydrogen (secondary N) is 2. The van der Waals surface area contributed by atoms with Gasteiger partial charge >= 0.3 is 0 Å². The second-order valence-electron chi connectivity index (χ2n) is 5.54. The third kappa shape index (κ3) is 3.19. The summed E-state index contributed by atoms with van der Waals surface area (Å²) >= 11 is 0. The third-order valence-corrected chi connectivity index (χ3v) is 4.13. The van der Waals surface area contributed by atoms with Crippen molar-refractivity contribution in [2.45, 2.75) is 63.6 Å². The first-order chi connectivity index (χ1) is 8.20. The number of carbonyl (C=O) groups excluding carboxylic acids is 1. The molecule has 17 heavy (non-hydrogen) atoms. The van der Waals surface area contributed by atoms with E-state index >= 15 is 0 Å². The van der Waals surface area contributed by atoms with Crippen molar-refractivity contribution in [1.29, 1.82) is 0 Å². The van der Waals surface area contributed by atoms with Gasteiger partial charge < -0.3 is 15.7 Å². The van der Waals surface area contributed by atoms with Gasteiger partial charge in [0, 0.05) is 12.1 Å². The molecule has 0 aromatic carbocycles. The fourth-order valence-electron chi connectivity index (χ4n) is 3.09. The van der Waals surface area contributed by atoms with E-state index in [0.29, 0.717) is 6.04 Å². The molecule has 0 aromatic heterocycles. The van der Waals surface area contributed by atoms with Gasteiger partial charge in [0.25, 0.3) is 0 Å². The fourth-order valence-corrected chi connectivity index (χ4v) is 3.09. The summed E-state index contributed by atoms with van der Waals surface area (Å²) in [6.07, 6.45) is 7.27. The Morgan fingerprint density at radius 2 is 2.12 bits per heavy atom. The van der Waals surface area contributed by atoms with E-state index < -0.39 is 0 Å². The molecular formula is C13H24N2O2. The van der Waals surface area contributed by atoms with Crippen LogP contribution in [0.25, 0.3) is 0 Å². The molecule has 1 aliphatic carbocycles. The summed E-state index contributed by atoms with van der Waals surface area (Å²) < 4.78 is 0. The maximum atomic E-state index is 12.0. The van der Waals surface area contributed by atoms with Crippen molar-refractivity contribution in [2.75, 3.05) is 6.61 Å². The summed E-state index contributed by atoms with van der Waals surface area (Å²) in [7, 11) is 0. The predicted octanol–water partition coefficient (Wildman–Crippen LogP) is 0.794. The number of amides is 1. The van der Waals surface area contributed by atoms with Crippen LogP contribution in [0.2, 0.25) is 0 Å². The molecule has 1 heterocycles. The summed E-state index contributed by atoms with van der Waals surface area (Å²) in [5.74, 6) is 0.832. The van der Waals surface area contributed by atoms with Crippen molar-refractivity contribution in [3.63, 3.8) is 0 Å². The zero-order chi connectivity index (χ0) is 12.3. The number of rotatable bonds is 3. The van der Waals surface area contributed by atoms with Crippen LogP contribution in [-0.4, -0.2) is 35.7 Å². The molecule has 1 aliphatic heterocycles. The van der Waals surface area contributed by atoms with Crippen LogP contribution in [0.5, 0.6) is 0 Å².